The summed E-state index contributed by atoms with van der Waals surface area (Å²) in [6.45, 7) is 0. The van der Waals surface area contributed by atoms with Crippen LogP contribution in [0.25, 0.3) is 0 Å². The topological polar surface area (TPSA) is 0 Å². The SMILES string of the molecule is Fc1cc(Br)c(Cl)c(F)c1Cl. The number of hydrogen-bond acceptors (Lipinski definition) is 0. The maximum absolute atomic E-state index is 12.7. The van der Waals surface area contributed by atoms with Gasteiger partial charge in [0.2, 0.25) is 0 Å². The number of benzene rings is 1. The van der Waals surface area contributed by atoms with Crippen LogP contribution in [-0.2, 0) is 0 Å². The van der Waals surface area contributed by atoms with Crippen LogP contribution in [0.2, 0.25) is 10.0 Å². The molecule has 0 radical (unpaired) electrons. The van der Waals surface area contributed by atoms with Crippen LogP contribution >= 0.6 is 39.1 Å². The van der Waals surface area contributed by atoms with Crippen molar-refractivity contribution in [2.45, 2.75) is 0 Å². The van der Waals surface area contributed by atoms with Gasteiger partial charge in [-0.1, -0.05) is 23.2 Å². The van der Waals surface area contributed by atoms with Gasteiger partial charge in [-0.3, -0.25) is 0 Å². The van der Waals surface area contributed by atoms with E-state index in [1.54, 1.807) is 0 Å². The fourth-order valence-corrected chi connectivity index (χ4v) is 1.27. The van der Waals surface area contributed by atoms with Crippen LogP contribution < -0.4 is 0 Å². The monoisotopic (exact) mass is 260 g/mol. The van der Waals surface area contributed by atoms with E-state index in [1.165, 1.54) is 0 Å². The molecule has 0 bridgehead atoms. The zero-order chi connectivity index (χ0) is 8.59. The minimum atomic E-state index is -0.944. The van der Waals surface area contributed by atoms with E-state index in [1.807, 2.05) is 0 Å². The minimum Gasteiger partial charge on any atom is -0.205 e. The van der Waals surface area contributed by atoms with E-state index in [0.29, 0.717) is 0 Å². The highest BCUT2D eigenvalue weighted by atomic mass is 79.9. The van der Waals surface area contributed by atoms with Gasteiger partial charge in [-0.2, -0.15) is 0 Å². The molecule has 0 aliphatic rings. The van der Waals surface area contributed by atoms with Gasteiger partial charge in [0, 0.05) is 4.47 Å². The molecule has 5 heteroatoms. The molecule has 0 heterocycles. The first kappa shape index (κ1) is 9.23. The van der Waals surface area contributed by atoms with Gasteiger partial charge in [0.1, 0.15) is 10.8 Å². The van der Waals surface area contributed by atoms with Gasteiger partial charge in [-0.05, 0) is 22.0 Å². The van der Waals surface area contributed by atoms with Gasteiger partial charge >= 0.3 is 0 Å². The van der Waals surface area contributed by atoms with Crippen molar-refractivity contribution in [1.82, 2.24) is 0 Å². The summed E-state index contributed by atoms with van der Waals surface area (Å²) < 4.78 is 25.4. The van der Waals surface area contributed by atoms with Gasteiger partial charge in [-0.25, -0.2) is 8.78 Å². The predicted molar refractivity (Wildman–Crippen MR) is 44.1 cm³/mol. The minimum absolute atomic E-state index is 0.151. The van der Waals surface area contributed by atoms with E-state index < -0.39 is 16.7 Å². The lowest BCUT2D eigenvalue weighted by Gasteiger charge is -2.00. The van der Waals surface area contributed by atoms with E-state index in [2.05, 4.69) is 15.9 Å². The molecule has 0 atom stereocenters. The Kier molecular flexibility index (Phi) is 2.73. The second-order valence-corrected chi connectivity index (χ2v) is 3.39. The number of hydrogen-bond donors (Lipinski definition) is 0. The molecule has 1 aromatic rings. The summed E-state index contributed by atoms with van der Waals surface area (Å²) in [5, 5.41) is -0.797. The summed E-state index contributed by atoms with van der Waals surface area (Å²) in [4.78, 5) is 0. The van der Waals surface area contributed by atoms with Gasteiger partial charge in [0.05, 0.1) is 5.02 Å². The summed E-state index contributed by atoms with van der Waals surface area (Å²) >= 11 is 13.4. The Morgan fingerprint density at radius 1 is 1.18 bits per heavy atom. The highest BCUT2D eigenvalue weighted by Gasteiger charge is 2.13. The van der Waals surface area contributed by atoms with Crippen molar-refractivity contribution in [3.8, 4) is 0 Å². The van der Waals surface area contributed by atoms with Gasteiger partial charge < -0.3 is 0 Å². The molecule has 0 fully saturated rings. The van der Waals surface area contributed by atoms with Crippen LogP contribution in [0, 0.1) is 11.6 Å². The van der Waals surface area contributed by atoms with Gasteiger partial charge in [0.15, 0.2) is 5.82 Å². The lowest BCUT2D eigenvalue weighted by molar-refractivity contribution is 0.583. The summed E-state index contributed by atoms with van der Waals surface area (Å²) in [6, 6.07) is 1.01. The fourth-order valence-electron chi connectivity index (χ4n) is 0.544. The molecule has 0 spiro atoms. The van der Waals surface area contributed by atoms with Crippen LogP contribution in [0.1, 0.15) is 0 Å². The van der Waals surface area contributed by atoms with Crippen molar-refractivity contribution in [3.63, 3.8) is 0 Å². The Hall–Kier alpha value is 0.140. The molecule has 0 amide bonds. The number of rotatable bonds is 0. The van der Waals surface area contributed by atoms with Crippen LogP contribution in [0.3, 0.4) is 0 Å². The Labute approximate surface area is 80.2 Å². The zero-order valence-corrected chi connectivity index (χ0v) is 8.07. The molecule has 0 N–H and O–H groups in total. The largest absolute Gasteiger partial charge is 0.205 e. The van der Waals surface area contributed by atoms with Crippen molar-refractivity contribution >= 4 is 39.1 Å². The Balaban J connectivity index is 3.46. The Bertz CT molecular complexity index is 275. The molecular weight excluding hydrogens is 261 g/mol. The maximum Gasteiger partial charge on any atom is 0.164 e. The maximum atomic E-state index is 12.7. The predicted octanol–water partition coefficient (Wildman–Crippen LogP) is 4.03. The Morgan fingerprint density at radius 2 is 1.73 bits per heavy atom. The third-order valence-electron chi connectivity index (χ3n) is 1.06. The summed E-state index contributed by atoms with van der Waals surface area (Å²) in [5.74, 6) is -1.78. The lowest BCUT2D eigenvalue weighted by atomic mass is 10.3. The fraction of sp³-hybridized carbons (Fsp3) is 0. The molecule has 0 aliphatic heterocycles. The second-order valence-electron chi connectivity index (χ2n) is 1.78. The Morgan fingerprint density at radius 3 is 2.27 bits per heavy atom. The van der Waals surface area contributed by atoms with E-state index in [9.17, 15) is 8.78 Å². The van der Waals surface area contributed by atoms with Crippen LogP contribution in [0.4, 0.5) is 8.78 Å². The summed E-state index contributed by atoms with van der Waals surface area (Å²) in [5.41, 5.74) is 0. The standard InChI is InChI=1S/C6HBrCl2F2/c7-2-1-3(10)5(9)6(11)4(2)8/h1H. The quantitative estimate of drug-likeness (QED) is 0.489. The van der Waals surface area contributed by atoms with Crippen molar-refractivity contribution in [3.05, 3.63) is 32.2 Å². The van der Waals surface area contributed by atoms with Crippen molar-refractivity contribution < 1.29 is 8.78 Å². The molecular formula is C6HBrCl2F2. The van der Waals surface area contributed by atoms with Crippen LogP contribution in [0.15, 0.2) is 10.5 Å². The second kappa shape index (κ2) is 3.25. The highest BCUT2D eigenvalue weighted by molar-refractivity contribution is 9.10. The van der Waals surface area contributed by atoms with E-state index in [-0.39, 0.29) is 9.50 Å². The molecule has 11 heavy (non-hydrogen) atoms. The lowest BCUT2D eigenvalue weighted by Crippen LogP contribution is -1.85. The van der Waals surface area contributed by atoms with Gasteiger partial charge in [-0.15, -0.1) is 0 Å². The van der Waals surface area contributed by atoms with E-state index in [0.717, 1.165) is 6.07 Å². The van der Waals surface area contributed by atoms with E-state index >= 15 is 0 Å². The smallest absolute Gasteiger partial charge is 0.164 e. The molecule has 0 nitrogen and oxygen atoms in total. The van der Waals surface area contributed by atoms with Crippen LogP contribution in [0.5, 0.6) is 0 Å². The highest BCUT2D eigenvalue weighted by Crippen LogP contribution is 2.32. The molecule has 0 saturated carbocycles. The average molecular weight is 262 g/mol. The molecule has 60 valence electrons. The molecule has 0 saturated heterocycles. The zero-order valence-electron chi connectivity index (χ0n) is 4.97. The first-order valence-corrected chi connectivity index (χ1v) is 4.07. The van der Waals surface area contributed by atoms with E-state index in [4.69, 9.17) is 23.2 Å². The molecule has 0 aliphatic carbocycles. The van der Waals surface area contributed by atoms with Crippen LogP contribution in [-0.4, -0.2) is 0 Å². The molecule has 1 rings (SSSR count). The molecule has 0 aromatic heterocycles. The first-order valence-electron chi connectivity index (χ1n) is 2.52. The first-order chi connectivity index (χ1) is 5.04. The number of halogens is 5. The molecule has 1 aromatic carbocycles. The third-order valence-corrected chi connectivity index (χ3v) is 2.63. The average Bonchev–Trinajstić information content (AvgIpc) is 1.97. The molecule has 0 unspecified atom stereocenters. The van der Waals surface area contributed by atoms with Crippen molar-refractivity contribution in [1.29, 1.82) is 0 Å². The summed E-state index contributed by atoms with van der Waals surface area (Å²) in [6.07, 6.45) is 0. The van der Waals surface area contributed by atoms with Crippen molar-refractivity contribution in [2.24, 2.45) is 0 Å². The third kappa shape index (κ3) is 1.66. The van der Waals surface area contributed by atoms with Gasteiger partial charge in [0.25, 0.3) is 0 Å². The normalized spacial score (nSPS) is 10.3. The summed E-state index contributed by atoms with van der Waals surface area (Å²) in [7, 11) is 0. The van der Waals surface area contributed by atoms with Crippen molar-refractivity contribution in [2.75, 3.05) is 0 Å².